The van der Waals surface area contributed by atoms with Crippen molar-refractivity contribution in [1.29, 1.82) is 0 Å². The van der Waals surface area contributed by atoms with E-state index < -0.39 is 5.97 Å². The second kappa shape index (κ2) is 5.88. The van der Waals surface area contributed by atoms with Crippen LogP contribution in [0.15, 0.2) is 17.5 Å². The van der Waals surface area contributed by atoms with Crippen LogP contribution in [-0.2, 0) is 11.2 Å². The third kappa shape index (κ3) is 4.44. The van der Waals surface area contributed by atoms with Gasteiger partial charge in [0.15, 0.2) is 0 Å². The van der Waals surface area contributed by atoms with Crippen LogP contribution in [-0.4, -0.2) is 23.7 Å². The van der Waals surface area contributed by atoms with Crippen LogP contribution >= 0.6 is 11.3 Å². The van der Waals surface area contributed by atoms with Crippen LogP contribution < -0.4 is 5.32 Å². The fourth-order valence-corrected chi connectivity index (χ4v) is 2.10. The molecule has 15 heavy (non-hydrogen) atoms. The summed E-state index contributed by atoms with van der Waals surface area (Å²) in [5.41, 5.74) is 0. The maximum atomic E-state index is 10.6. The van der Waals surface area contributed by atoms with Crippen molar-refractivity contribution in [2.75, 3.05) is 6.54 Å². The summed E-state index contributed by atoms with van der Waals surface area (Å²) < 4.78 is 0. The minimum absolute atomic E-state index is 0.323. The fourth-order valence-electron chi connectivity index (χ4n) is 1.27. The number of aliphatic carboxylic acids is 1. The number of hydrogen-bond acceptors (Lipinski definition) is 3. The van der Waals surface area contributed by atoms with Crippen molar-refractivity contribution >= 4 is 17.3 Å². The van der Waals surface area contributed by atoms with Gasteiger partial charge >= 0.3 is 5.97 Å². The Morgan fingerprint density at radius 1 is 1.60 bits per heavy atom. The predicted octanol–water partition coefficient (Wildman–Crippen LogP) is 1.99. The zero-order valence-electron chi connectivity index (χ0n) is 9.06. The first-order chi connectivity index (χ1) is 7.09. The van der Waals surface area contributed by atoms with Crippen LogP contribution in [0.2, 0.25) is 0 Å². The van der Waals surface area contributed by atoms with E-state index in [1.807, 2.05) is 6.07 Å². The molecule has 1 aromatic rings. The number of hydrogen-bond donors (Lipinski definition) is 2. The Morgan fingerprint density at radius 3 is 2.87 bits per heavy atom. The largest absolute Gasteiger partial charge is 0.481 e. The van der Waals surface area contributed by atoms with Crippen LogP contribution in [0, 0.1) is 5.92 Å². The molecule has 2 atom stereocenters. The van der Waals surface area contributed by atoms with Gasteiger partial charge in [-0.3, -0.25) is 4.79 Å². The summed E-state index contributed by atoms with van der Waals surface area (Å²) in [5, 5.41) is 14.0. The molecule has 4 heteroatoms. The van der Waals surface area contributed by atoms with Gasteiger partial charge in [-0.1, -0.05) is 13.0 Å². The highest BCUT2D eigenvalue weighted by atomic mass is 32.1. The first-order valence-electron chi connectivity index (χ1n) is 5.08. The standard InChI is InChI=1S/C11H17NO2S/c1-8(11(13)14)7-12-9(2)6-10-4-3-5-15-10/h3-5,8-9,12H,6-7H2,1-2H3,(H,13,14). The van der Waals surface area contributed by atoms with Crippen molar-refractivity contribution < 1.29 is 9.90 Å². The molecule has 0 radical (unpaired) electrons. The number of carboxylic acid groups (broad SMARTS) is 1. The number of nitrogens with one attached hydrogen (secondary N) is 1. The molecule has 2 N–H and O–H groups in total. The highest BCUT2D eigenvalue weighted by Crippen LogP contribution is 2.10. The Morgan fingerprint density at radius 2 is 2.33 bits per heavy atom. The van der Waals surface area contributed by atoms with Gasteiger partial charge in [-0.2, -0.15) is 0 Å². The molecule has 0 aliphatic heterocycles. The van der Waals surface area contributed by atoms with Gasteiger partial charge in [0.05, 0.1) is 5.92 Å². The van der Waals surface area contributed by atoms with E-state index in [4.69, 9.17) is 5.11 Å². The zero-order valence-corrected chi connectivity index (χ0v) is 9.88. The molecular formula is C11H17NO2S. The van der Waals surface area contributed by atoms with Crippen molar-refractivity contribution in [2.45, 2.75) is 26.3 Å². The molecule has 0 saturated carbocycles. The molecule has 0 aliphatic carbocycles. The third-order valence-corrected chi connectivity index (χ3v) is 3.18. The van der Waals surface area contributed by atoms with Crippen molar-refractivity contribution in [2.24, 2.45) is 5.92 Å². The summed E-state index contributed by atoms with van der Waals surface area (Å²) in [6, 6.07) is 4.46. The second-order valence-corrected chi connectivity index (χ2v) is 4.86. The number of carbonyl (C=O) groups is 1. The summed E-state index contributed by atoms with van der Waals surface area (Å²) >= 11 is 1.74. The zero-order chi connectivity index (χ0) is 11.3. The van der Waals surface area contributed by atoms with E-state index in [2.05, 4.69) is 23.7 Å². The molecule has 3 nitrogen and oxygen atoms in total. The molecule has 0 saturated heterocycles. The molecule has 0 amide bonds. The van der Waals surface area contributed by atoms with Crippen molar-refractivity contribution in [3.8, 4) is 0 Å². The normalized spacial score (nSPS) is 14.8. The third-order valence-electron chi connectivity index (χ3n) is 2.28. The van der Waals surface area contributed by atoms with Gasteiger partial charge in [0.2, 0.25) is 0 Å². The lowest BCUT2D eigenvalue weighted by Gasteiger charge is -2.14. The molecule has 0 aliphatic rings. The first-order valence-corrected chi connectivity index (χ1v) is 5.96. The van der Waals surface area contributed by atoms with Gasteiger partial charge in [0, 0.05) is 17.5 Å². The first kappa shape index (κ1) is 12.2. The summed E-state index contributed by atoms with van der Waals surface area (Å²) in [5.74, 6) is -1.07. The molecule has 1 heterocycles. The summed E-state index contributed by atoms with van der Waals surface area (Å²) in [7, 11) is 0. The highest BCUT2D eigenvalue weighted by molar-refractivity contribution is 7.09. The van der Waals surface area contributed by atoms with Crippen molar-refractivity contribution in [3.05, 3.63) is 22.4 Å². The fraction of sp³-hybridized carbons (Fsp3) is 0.545. The monoisotopic (exact) mass is 227 g/mol. The van der Waals surface area contributed by atoms with E-state index in [1.165, 1.54) is 4.88 Å². The Labute approximate surface area is 94.1 Å². The Hall–Kier alpha value is -0.870. The van der Waals surface area contributed by atoms with Crippen LogP contribution in [0.3, 0.4) is 0 Å². The molecule has 0 fully saturated rings. The molecule has 1 aromatic heterocycles. The van der Waals surface area contributed by atoms with Crippen LogP contribution in [0.4, 0.5) is 0 Å². The van der Waals surface area contributed by atoms with Gasteiger partial charge in [-0.15, -0.1) is 11.3 Å². The minimum atomic E-state index is -0.745. The molecular weight excluding hydrogens is 210 g/mol. The molecule has 0 spiro atoms. The Kier molecular flexibility index (Phi) is 4.78. The number of thiophene rings is 1. The second-order valence-electron chi connectivity index (χ2n) is 3.83. The molecule has 0 aromatic carbocycles. The van der Waals surface area contributed by atoms with E-state index in [-0.39, 0.29) is 5.92 Å². The van der Waals surface area contributed by atoms with Gasteiger partial charge in [-0.25, -0.2) is 0 Å². The summed E-state index contributed by atoms with van der Waals surface area (Å²) in [6.45, 7) is 4.32. The Bertz CT molecular complexity index is 298. The molecule has 2 unspecified atom stereocenters. The quantitative estimate of drug-likeness (QED) is 0.781. The summed E-state index contributed by atoms with van der Waals surface area (Å²) in [4.78, 5) is 11.9. The van der Waals surface area contributed by atoms with Crippen LogP contribution in [0.1, 0.15) is 18.7 Å². The molecule has 1 rings (SSSR count). The predicted molar refractivity (Wildman–Crippen MR) is 62.3 cm³/mol. The van der Waals surface area contributed by atoms with Crippen LogP contribution in [0.25, 0.3) is 0 Å². The van der Waals surface area contributed by atoms with Crippen molar-refractivity contribution in [3.63, 3.8) is 0 Å². The van der Waals surface area contributed by atoms with Gasteiger partial charge in [0.25, 0.3) is 0 Å². The molecule has 0 bridgehead atoms. The number of rotatable bonds is 6. The number of carboxylic acids is 1. The van der Waals surface area contributed by atoms with E-state index >= 15 is 0 Å². The average Bonchev–Trinajstić information content (AvgIpc) is 2.66. The summed E-state index contributed by atoms with van der Waals surface area (Å²) in [6.07, 6.45) is 0.962. The van der Waals surface area contributed by atoms with Crippen LogP contribution in [0.5, 0.6) is 0 Å². The Balaban J connectivity index is 2.25. The SMILES string of the molecule is CC(Cc1cccs1)NCC(C)C(=O)O. The average molecular weight is 227 g/mol. The van der Waals surface area contributed by atoms with Gasteiger partial charge < -0.3 is 10.4 Å². The van der Waals surface area contributed by atoms with Gasteiger partial charge in [0.1, 0.15) is 0 Å². The lowest BCUT2D eigenvalue weighted by molar-refractivity contribution is -0.140. The van der Waals surface area contributed by atoms with Crippen molar-refractivity contribution in [1.82, 2.24) is 5.32 Å². The maximum Gasteiger partial charge on any atom is 0.307 e. The smallest absolute Gasteiger partial charge is 0.307 e. The molecule has 84 valence electrons. The lowest BCUT2D eigenvalue weighted by Crippen LogP contribution is -2.34. The van der Waals surface area contributed by atoms with E-state index in [1.54, 1.807) is 18.3 Å². The van der Waals surface area contributed by atoms with E-state index in [0.29, 0.717) is 12.6 Å². The van der Waals surface area contributed by atoms with E-state index in [0.717, 1.165) is 6.42 Å². The lowest BCUT2D eigenvalue weighted by atomic mass is 10.1. The maximum absolute atomic E-state index is 10.6. The topological polar surface area (TPSA) is 49.3 Å². The van der Waals surface area contributed by atoms with E-state index in [9.17, 15) is 4.79 Å². The minimum Gasteiger partial charge on any atom is -0.481 e. The van der Waals surface area contributed by atoms with Gasteiger partial charge in [-0.05, 0) is 24.8 Å². The highest BCUT2D eigenvalue weighted by Gasteiger charge is 2.12.